The summed E-state index contributed by atoms with van der Waals surface area (Å²) in [4.78, 5) is 11.7. The molecule has 0 aliphatic carbocycles. The van der Waals surface area contributed by atoms with Gasteiger partial charge in [-0.25, -0.2) is 0 Å². The molecular formula is C14H16N2O3. The van der Waals surface area contributed by atoms with Gasteiger partial charge >= 0.3 is 0 Å². The number of fused-ring (bicyclic) bond motifs is 1. The monoisotopic (exact) mass is 260 g/mol. The Kier molecular flexibility index (Phi) is 3.11. The van der Waals surface area contributed by atoms with Gasteiger partial charge in [-0.3, -0.25) is 4.79 Å². The summed E-state index contributed by atoms with van der Waals surface area (Å²) in [6, 6.07) is 5.35. The van der Waals surface area contributed by atoms with Crippen LogP contribution in [-0.2, 0) is 4.79 Å². The van der Waals surface area contributed by atoms with Crippen molar-refractivity contribution in [2.75, 3.05) is 7.11 Å². The number of primary amides is 1. The number of nitrogens with zero attached hydrogens (tertiary/aromatic N) is 1. The van der Waals surface area contributed by atoms with E-state index in [9.17, 15) is 4.79 Å². The Bertz CT molecular complexity index is 573. The number of amides is 1. The zero-order valence-corrected chi connectivity index (χ0v) is 11.2. The minimum Gasteiger partial charge on any atom is -0.496 e. The molecular weight excluding hydrogens is 244 g/mol. The average molecular weight is 260 g/mol. The Balaban J connectivity index is 2.71. The third-order valence-electron chi connectivity index (χ3n) is 3.26. The van der Waals surface area contributed by atoms with Crippen molar-refractivity contribution in [3.8, 4) is 17.6 Å². The zero-order valence-electron chi connectivity index (χ0n) is 11.2. The number of hydrogen-bond acceptors (Lipinski definition) is 4. The first-order valence-corrected chi connectivity index (χ1v) is 5.99. The second-order valence-corrected chi connectivity index (χ2v) is 5.19. The molecule has 5 nitrogen and oxygen atoms in total. The lowest BCUT2D eigenvalue weighted by Crippen LogP contribution is -2.39. The van der Waals surface area contributed by atoms with Crippen LogP contribution in [0.2, 0.25) is 0 Å². The maximum absolute atomic E-state index is 11.7. The molecule has 1 heterocycles. The van der Waals surface area contributed by atoms with Crippen LogP contribution in [-0.4, -0.2) is 18.6 Å². The number of nitriles is 1. The molecule has 1 unspecified atom stereocenters. The van der Waals surface area contributed by atoms with Crippen molar-refractivity contribution in [1.29, 1.82) is 5.26 Å². The highest BCUT2D eigenvalue weighted by atomic mass is 16.5. The number of carbonyl (C=O) groups excluding carboxylic acids is 1. The Morgan fingerprint density at radius 2 is 2.26 bits per heavy atom. The fourth-order valence-corrected chi connectivity index (χ4v) is 2.44. The highest BCUT2D eigenvalue weighted by Crippen LogP contribution is 2.46. The molecule has 1 aromatic rings. The normalized spacial score (nSPS) is 19.8. The second kappa shape index (κ2) is 4.47. The largest absolute Gasteiger partial charge is 0.496 e. The van der Waals surface area contributed by atoms with E-state index in [2.05, 4.69) is 6.07 Å². The van der Waals surface area contributed by atoms with Crippen LogP contribution in [0.3, 0.4) is 0 Å². The highest BCUT2D eigenvalue weighted by molar-refractivity contribution is 5.85. The number of rotatable bonds is 2. The minimum atomic E-state index is -0.551. The molecule has 1 aromatic carbocycles. The van der Waals surface area contributed by atoms with E-state index in [0.717, 1.165) is 0 Å². The van der Waals surface area contributed by atoms with E-state index in [-0.39, 0.29) is 0 Å². The Morgan fingerprint density at radius 1 is 1.58 bits per heavy atom. The number of nitrogens with two attached hydrogens (primary N) is 1. The molecule has 1 aliphatic heterocycles. The van der Waals surface area contributed by atoms with Gasteiger partial charge in [-0.05, 0) is 26.0 Å². The van der Waals surface area contributed by atoms with Crippen LogP contribution in [0.5, 0.6) is 11.5 Å². The number of hydrogen-bond donors (Lipinski definition) is 1. The number of carbonyl (C=O) groups is 1. The number of benzene rings is 1. The fourth-order valence-electron chi connectivity index (χ4n) is 2.44. The van der Waals surface area contributed by atoms with Gasteiger partial charge in [0, 0.05) is 6.42 Å². The first kappa shape index (κ1) is 13.2. The molecule has 2 rings (SSSR count). The smallest absolute Gasteiger partial charge is 0.225 e. The maximum atomic E-state index is 11.7. The van der Waals surface area contributed by atoms with Gasteiger partial charge in [0.2, 0.25) is 5.91 Å². The number of methoxy groups -OCH3 is 1. The van der Waals surface area contributed by atoms with Gasteiger partial charge in [0.15, 0.2) is 0 Å². The van der Waals surface area contributed by atoms with E-state index in [1.54, 1.807) is 12.1 Å². The van der Waals surface area contributed by atoms with Crippen LogP contribution < -0.4 is 15.2 Å². The lowest BCUT2D eigenvalue weighted by Gasteiger charge is -2.37. The van der Waals surface area contributed by atoms with E-state index in [1.165, 1.54) is 7.11 Å². The number of ether oxygens (including phenoxy) is 2. The Labute approximate surface area is 111 Å². The fraction of sp³-hybridized carbons (Fsp3) is 0.429. The highest BCUT2D eigenvalue weighted by Gasteiger charge is 2.40. The van der Waals surface area contributed by atoms with Gasteiger partial charge in [-0.15, -0.1) is 0 Å². The maximum Gasteiger partial charge on any atom is 0.225 e. The molecule has 1 aliphatic rings. The van der Waals surface area contributed by atoms with Gasteiger partial charge in [-0.2, -0.15) is 5.26 Å². The Morgan fingerprint density at radius 3 is 2.79 bits per heavy atom. The van der Waals surface area contributed by atoms with Gasteiger partial charge < -0.3 is 15.2 Å². The average Bonchev–Trinajstić information content (AvgIpc) is 2.35. The molecule has 1 amide bonds. The standard InChI is InChI=1S/C14H16N2O3/c1-14(2)6-9(13(16)17)11-10(18-3)5-4-8(7-15)12(11)19-14/h4-5,9H,6H2,1-3H3,(H2,16,17). The van der Waals surface area contributed by atoms with Crippen molar-refractivity contribution in [1.82, 2.24) is 0 Å². The summed E-state index contributed by atoms with van der Waals surface area (Å²) in [5, 5.41) is 9.17. The van der Waals surface area contributed by atoms with Crippen LogP contribution in [0.15, 0.2) is 12.1 Å². The van der Waals surface area contributed by atoms with Crippen LogP contribution in [0.1, 0.15) is 37.3 Å². The molecule has 100 valence electrons. The molecule has 0 spiro atoms. The van der Waals surface area contributed by atoms with Crippen molar-refractivity contribution in [2.45, 2.75) is 31.8 Å². The lowest BCUT2D eigenvalue weighted by molar-refractivity contribution is -0.121. The molecule has 5 heteroatoms. The van der Waals surface area contributed by atoms with E-state index >= 15 is 0 Å². The minimum absolute atomic E-state index is 0.384. The van der Waals surface area contributed by atoms with E-state index in [0.29, 0.717) is 29.0 Å². The van der Waals surface area contributed by atoms with Crippen molar-refractivity contribution >= 4 is 5.91 Å². The zero-order chi connectivity index (χ0) is 14.2. The molecule has 1 atom stereocenters. The van der Waals surface area contributed by atoms with Crippen molar-refractivity contribution in [3.63, 3.8) is 0 Å². The van der Waals surface area contributed by atoms with Crippen LogP contribution >= 0.6 is 0 Å². The Hall–Kier alpha value is -2.22. The molecule has 0 bridgehead atoms. The van der Waals surface area contributed by atoms with Crippen molar-refractivity contribution in [2.24, 2.45) is 5.73 Å². The van der Waals surface area contributed by atoms with Gasteiger partial charge in [0.05, 0.1) is 24.2 Å². The molecule has 0 fully saturated rings. The third kappa shape index (κ3) is 2.22. The molecule has 0 aromatic heterocycles. The lowest BCUT2D eigenvalue weighted by atomic mass is 9.82. The molecule has 0 radical (unpaired) electrons. The summed E-state index contributed by atoms with van der Waals surface area (Å²) in [7, 11) is 1.51. The summed E-state index contributed by atoms with van der Waals surface area (Å²) in [5.74, 6) is -0.0248. The third-order valence-corrected chi connectivity index (χ3v) is 3.26. The van der Waals surface area contributed by atoms with E-state index in [4.69, 9.17) is 20.5 Å². The topological polar surface area (TPSA) is 85.3 Å². The first-order valence-electron chi connectivity index (χ1n) is 5.99. The summed E-state index contributed by atoms with van der Waals surface area (Å²) >= 11 is 0. The van der Waals surface area contributed by atoms with Gasteiger partial charge in [0.25, 0.3) is 0 Å². The summed E-state index contributed by atoms with van der Waals surface area (Å²) in [5.41, 5.74) is 5.90. The van der Waals surface area contributed by atoms with Crippen LogP contribution in [0.25, 0.3) is 0 Å². The van der Waals surface area contributed by atoms with Crippen LogP contribution in [0, 0.1) is 11.3 Å². The van der Waals surface area contributed by atoms with E-state index < -0.39 is 17.4 Å². The molecule has 0 saturated heterocycles. The second-order valence-electron chi connectivity index (χ2n) is 5.19. The van der Waals surface area contributed by atoms with Gasteiger partial charge in [-0.1, -0.05) is 0 Å². The molecule has 19 heavy (non-hydrogen) atoms. The quantitative estimate of drug-likeness (QED) is 0.876. The molecule has 0 saturated carbocycles. The SMILES string of the molecule is COc1ccc(C#N)c2c1C(C(N)=O)CC(C)(C)O2. The molecule has 2 N–H and O–H groups in total. The first-order chi connectivity index (χ1) is 8.89. The predicted octanol–water partition coefficient (Wildman–Crippen LogP) is 1.70. The van der Waals surface area contributed by atoms with Crippen molar-refractivity contribution < 1.29 is 14.3 Å². The summed E-state index contributed by atoms with van der Waals surface area (Å²) in [6.45, 7) is 3.74. The van der Waals surface area contributed by atoms with Gasteiger partial charge in [0.1, 0.15) is 23.2 Å². The van der Waals surface area contributed by atoms with Crippen LogP contribution in [0.4, 0.5) is 0 Å². The summed E-state index contributed by atoms with van der Waals surface area (Å²) < 4.78 is 11.1. The predicted molar refractivity (Wildman–Crippen MR) is 69.0 cm³/mol. The summed E-state index contributed by atoms with van der Waals surface area (Å²) in [6.07, 6.45) is 0.459. The van der Waals surface area contributed by atoms with Crippen molar-refractivity contribution in [3.05, 3.63) is 23.3 Å². The van der Waals surface area contributed by atoms with E-state index in [1.807, 2.05) is 13.8 Å².